The summed E-state index contributed by atoms with van der Waals surface area (Å²) in [6.45, 7) is 0.561. The van der Waals surface area contributed by atoms with Gasteiger partial charge in [0.05, 0.1) is 6.54 Å². The summed E-state index contributed by atoms with van der Waals surface area (Å²) < 4.78 is 7.49. The van der Waals surface area contributed by atoms with Crippen LogP contribution in [0.25, 0.3) is 11.1 Å². The first kappa shape index (κ1) is 10.6. The van der Waals surface area contributed by atoms with Gasteiger partial charge in [-0.25, -0.2) is 4.98 Å². The maximum Gasteiger partial charge on any atom is 0.296 e. The Hall–Kier alpha value is -2.50. The number of anilines is 2. The number of nitrogen functional groups attached to an aromatic ring is 1. The van der Waals surface area contributed by atoms with E-state index in [0.717, 1.165) is 11.3 Å². The molecule has 0 bridgehead atoms. The van der Waals surface area contributed by atoms with Crippen molar-refractivity contribution in [1.29, 1.82) is 0 Å². The highest BCUT2D eigenvalue weighted by Crippen LogP contribution is 2.21. The van der Waals surface area contributed by atoms with Crippen LogP contribution in [-0.2, 0) is 13.6 Å². The topological polar surface area (TPSA) is 81.9 Å². The molecule has 2 heterocycles. The summed E-state index contributed by atoms with van der Waals surface area (Å²) in [4.78, 5) is 8.52. The number of benzene rings is 1. The molecule has 0 radical (unpaired) electrons. The average Bonchev–Trinajstić information content (AvgIpc) is 2.92. The molecule has 92 valence electrons. The summed E-state index contributed by atoms with van der Waals surface area (Å²) in [6, 6.07) is 5.86. The number of hydrogen-bond acceptors (Lipinski definition) is 5. The van der Waals surface area contributed by atoms with Crippen LogP contribution in [0, 0.1) is 0 Å². The second-order valence-corrected chi connectivity index (χ2v) is 4.05. The second-order valence-electron chi connectivity index (χ2n) is 4.05. The van der Waals surface area contributed by atoms with Crippen LogP contribution in [0.15, 0.2) is 35.0 Å². The van der Waals surface area contributed by atoms with Gasteiger partial charge in [0.1, 0.15) is 11.3 Å². The first-order valence-corrected chi connectivity index (χ1v) is 5.58. The van der Waals surface area contributed by atoms with E-state index in [4.69, 9.17) is 10.2 Å². The van der Waals surface area contributed by atoms with Gasteiger partial charge in [-0.05, 0) is 12.1 Å². The fourth-order valence-electron chi connectivity index (χ4n) is 1.74. The second kappa shape index (κ2) is 4.06. The quantitative estimate of drug-likeness (QED) is 0.685. The van der Waals surface area contributed by atoms with E-state index in [2.05, 4.69) is 15.3 Å². The van der Waals surface area contributed by atoms with Crippen LogP contribution in [0.2, 0.25) is 0 Å². The molecule has 3 N–H and O–H groups in total. The summed E-state index contributed by atoms with van der Waals surface area (Å²) in [5.74, 6) is 0.914. The highest BCUT2D eigenvalue weighted by atomic mass is 16.4. The third-order valence-electron chi connectivity index (χ3n) is 2.73. The van der Waals surface area contributed by atoms with E-state index in [1.165, 1.54) is 0 Å². The monoisotopic (exact) mass is 243 g/mol. The zero-order chi connectivity index (χ0) is 12.5. The number of imidazole rings is 1. The fourth-order valence-corrected chi connectivity index (χ4v) is 1.74. The molecule has 2 aromatic heterocycles. The van der Waals surface area contributed by atoms with Gasteiger partial charge in [-0.1, -0.05) is 0 Å². The molecular formula is C12H13N5O. The van der Waals surface area contributed by atoms with Crippen LogP contribution in [-0.4, -0.2) is 14.5 Å². The van der Waals surface area contributed by atoms with Gasteiger partial charge in [0.25, 0.3) is 6.01 Å². The van der Waals surface area contributed by atoms with Gasteiger partial charge in [-0.2, -0.15) is 4.98 Å². The van der Waals surface area contributed by atoms with Crippen LogP contribution in [0.1, 0.15) is 5.82 Å². The Kier molecular flexibility index (Phi) is 2.40. The van der Waals surface area contributed by atoms with Gasteiger partial charge >= 0.3 is 0 Å². The summed E-state index contributed by atoms with van der Waals surface area (Å²) in [6.07, 6.45) is 3.65. The lowest BCUT2D eigenvalue weighted by molar-refractivity contribution is 0.611. The van der Waals surface area contributed by atoms with E-state index < -0.39 is 0 Å². The fraction of sp³-hybridized carbons (Fsp3) is 0.167. The van der Waals surface area contributed by atoms with Gasteiger partial charge < -0.3 is 20.0 Å². The first-order valence-electron chi connectivity index (χ1n) is 5.58. The molecule has 0 aliphatic heterocycles. The van der Waals surface area contributed by atoms with Crippen LogP contribution in [0.3, 0.4) is 0 Å². The van der Waals surface area contributed by atoms with Gasteiger partial charge in [-0.15, -0.1) is 0 Å². The molecule has 0 unspecified atom stereocenters. The lowest BCUT2D eigenvalue weighted by Crippen LogP contribution is -2.05. The van der Waals surface area contributed by atoms with Gasteiger partial charge in [0.2, 0.25) is 0 Å². The molecule has 0 atom stereocenters. The molecule has 18 heavy (non-hydrogen) atoms. The molecule has 0 fully saturated rings. The number of aromatic nitrogens is 3. The van der Waals surface area contributed by atoms with E-state index in [9.17, 15) is 0 Å². The summed E-state index contributed by atoms with van der Waals surface area (Å²) >= 11 is 0. The van der Waals surface area contributed by atoms with E-state index >= 15 is 0 Å². The standard InChI is InChI=1S/C12H13N5O/c1-17-5-4-14-11(17)7-15-12-16-9-3-2-8(13)6-10(9)18-12/h2-6H,7,13H2,1H3,(H,15,16). The van der Waals surface area contributed by atoms with Crippen molar-refractivity contribution in [3.63, 3.8) is 0 Å². The zero-order valence-corrected chi connectivity index (χ0v) is 9.92. The molecule has 0 spiro atoms. The van der Waals surface area contributed by atoms with Crippen molar-refractivity contribution >= 4 is 22.8 Å². The van der Waals surface area contributed by atoms with Gasteiger partial charge in [0.15, 0.2) is 5.58 Å². The van der Waals surface area contributed by atoms with Crippen molar-refractivity contribution in [1.82, 2.24) is 14.5 Å². The number of nitrogens with zero attached hydrogens (tertiary/aromatic N) is 3. The van der Waals surface area contributed by atoms with Crippen molar-refractivity contribution < 1.29 is 4.42 Å². The van der Waals surface area contributed by atoms with Crippen LogP contribution >= 0.6 is 0 Å². The Morgan fingerprint density at radius 1 is 1.44 bits per heavy atom. The zero-order valence-electron chi connectivity index (χ0n) is 9.92. The number of fused-ring (bicyclic) bond motifs is 1. The lowest BCUT2D eigenvalue weighted by Gasteiger charge is -2.01. The van der Waals surface area contributed by atoms with Gasteiger partial charge in [-0.3, -0.25) is 0 Å². The minimum absolute atomic E-state index is 0.471. The van der Waals surface area contributed by atoms with Crippen molar-refractivity contribution in [3.8, 4) is 0 Å². The lowest BCUT2D eigenvalue weighted by atomic mass is 10.3. The largest absolute Gasteiger partial charge is 0.423 e. The maximum absolute atomic E-state index is 5.68. The number of aryl methyl sites for hydroxylation is 1. The number of nitrogens with one attached hydrogen (secondary N) is 1. The molecule has 0 aliphatic rings. The SMILES string of the molecule is Cn1ccnc1CNc1nc2ccc(N)cc2o1. The molecule has 0 saturated heterocycles. The van der Waals surface area contributed by atoms with E-state index in [0.29, 0.717) is 23.8 Å². The van der Waals surface area contributed by atoms with Crippen molar-refractivity contribution in [2.24, 2.45) is 7.05 Å². The van der Waals surface area contributed by atoms with Crippen LogP contribution in [0.5, 0.6) is 0 Å². The molecule has 0 aliphatic carbocycles. The number of hydrogen-bond donors (Lipinski definition) is 2. The van der Waals surface area contributed by atoms with Gasteiger partial charge in [0, 0.05) is 31.2 Å². The van der Waals surface area contributed by atoms with Crippen molar-refractivity contribution in [2.75, 3.05) is 11.1 Å². The predicted octanol–water partition coefficient (Wildman–Crippen LogP) is 1.76. The Morgan fingerprint density at radius 2 is 2.33 bits per heavy atom. The first-order chi connectivity index (χ1) is 8.72. The predicted molar refractivity (Wildman–Crippen MR) is 69.0 cm³/mol. The molecule has 1 aromatic carbocycles. The highest BCUT2D eigenvalue weighted by molar-refractivity contribution is 5.78. The summed E-state index contributed by atoms with van der Waals surface area (Å²) in [7, 11) is 1.94. The molecule has 0 saturated carbocycles. The van der Waals surface area contributed by atoms with Crippen LogP contribution in [0.4, 0.5) is 11.7 Å². The molecule has 6 heteroatoms. The van der Waals surface area contributed by atoms with Crippen molar-refractivity contribution in [3.05, 3.63) is 36.4 Å². The average molecular weight is 243 g/mol. The Labute approximate surface area is 103 Å². The van der Waals surface area contributed by atoms with E-state index in [1.807, 2.05) is 23.9 Å². The van der Waals surface area contributed by atoms with E-state index in [1.54, 1.807) is 18.3 Å². The normalized spacial score (nSPS) is 10.9. The molecule has 0 amide bonds. The minimum atomic E-state index is 0.471. The summed E-state index contributed by atoms with van der Waals surface area (Å²) in [5.41, 5.74) is 7.81. The third kappa shape index (κ3) is 1.88. The molecule has 3 rings (SSSR count). The van der Waals surface area contributed by atoms with Crippen molar-refractivity contribution in [2.45, 2.75) is 6.54 Å². The van der Waals surface area contributed by atoms with E-state index in [-0.39, 0.29) is 0 Å². The molecule has 3 aromatic rings. The number of oxazole rings is 1. The maximum atomic E-state index is 5.68. The Morgan fingerprint density at radius 3 is 3.11 bits per heavy atom. The number of nitrogens with two attached hydrogens (primary N) is 1. The third-order valence-corrected chi connectivity index (χ3v) is 2.73. The van der Waals surface area contributed by atoms with Crippen LogP contribution < -0.4 is 11.1 Å². The highest BCUT2D eigenvalue weighted by Gasteiger charge is 2.06. The number of rotatable bonds is 3. The molecular weight excluding hydrogens is 230 g/mol. The smallest absolute Gasteiger partial charge is 0.296 e. The Bertz CT molecular complexity index is 685. The minimum Gasteiger partial charge on any atom is -0.423 e. The Balaban J connectivity index is 1.81. The molecule has 6 nitrogen and oxygen atoms in total. The summed E-state index contributed by atoms with van der Waals surface area (Å²) in [5, 5.41) is 3.09.